The number of hydrogen-bond donors (Lipinski definition) is 3. The summed E-state index contributed by atoms with van der Waals surface area (Å²) in [5.41, 5.74) is 7.63. The van der Waals surface area contributed by atoms with Crippen LogP contribution in [0.5, 0.6) is 5.75 Å². The third-order valence-electron chi connectivity index (χ3n) is 7.11. The largest absolute Gasteiger partial charge is 0.495 e. The van der Waals surface area contributed by atoms with Crippen molar-refractivity contribution in [3.63, 3.8) is 0 Å². The number of piperidine rings is 1. The third-order valence-corrected chi connectivity index (χ3v) is 8.26. The number of likely N-dealkylation sites (tertiary alicyclic amines) is 1. The molecular weight excluding hydrogens is 564 g/mol. The van der Waals surface area contributed by atoms with Crippen molar-refractivity contribution >= 4 is 40.2 Å². The lowest BCUT2D eigenvalue weighted by Gasteiger charge is -2.30. The van der Waals surface area contributed by atoms with Gasteiger partial charge in [0.2, 0.25) is 5.56 Å². The summed E-state index contributed by atoms with van der Waals surface area (Å²) in [6.45, 7) is 4.27. The molecule has 0 aliphatic carbocycles. The Kier molecular flexibility index (Phi) is 10.6. The van der Waals surface area contributed by atoms with Gasteiger partial charge in [-0.15, -0.1) is 0 Å². The number of nitrogens with zero attached hydrogens (tertiary/aromatic N) is 1. The molecule has 0 unspecified atom stereocenters. The van der Waals surface area contributed by atoms with Crippen molar-refractivity contribution in [1.82, 2.24) is 9.88 Å². The molecule has 1 saturated heterocycles. The van der Waals surface area contributed by atoms with E-state index in [-0.39, 0.29) is 5.56 Å². The molecule has 3 aromatic carbocycles. The summed E-state index contributed by atoms with van der Waals surface area (Å²) in [5.74, 6) is -1.82. The molecule has 6 rings (SSSR count). The van der Waals surface area contributed by atoms with Gasteiger partial charge in [-0.3, -0.25) is 4.79 Å². The van der Waals surface area contributed by atoms with Crippen LogP contribution in [0.2, 0.25) is 0 Å². The quantitative estimate of drug-likeness (QED) is 0.209. The van der Waals surface area contributed by atoms with Crippen LogP contribution in [0.3, 0.4) is 0 Å². The Balaban J connectivity index is 0.000000166. The number of H-pyrrole nitrogens is 1. The fraction of sp³-hybridized carbons (Fsp3) is 0.206. The molecule has 3 heterocycles. The van der Waals surface area contributed by atoms with Crippen molar-refractivity contribution < 1.29 is 24.5 Å². The highest BCUT2D eigenvalue weighted by molar-refractivity contribution is 7.99. The fourth-order valence-electron chi connectivity index (χ4n) is 5.04. The van der Waals surface area contributed by atoms with Gasteiger partial charge >= 0.3 is 11.9 Å². The minimum atomic E-state index is -1.26. The molecule has 222 valence electrons. The summed E-state index contributed by atoms with van der Waals surface area (Å²) in [6, 6.07) is 25.0. The van der Waals surface area contributed by atoms with E-state index in [2.05, 4.69) is 65.5 Å². The van der Waals surface area contributed by atoms with E-state index in [0.29, 0.717) is 17.9 Å². The summed E-state index contributed by atoms with van der Waals surface area (Å²) in [5, 5.41) is 16.6. The average Bonchev–Trinajstić information content (AvgIpc) is 3.00. The number of carboxylic acids is 2. The number of fused-ring (bicyclic) bond motifs is 3. The van der Waals surface area contributed by atoms with Gasteiger partial charge in [-0.1, -0.05) is 65.9 Å². The first-order chi connectivity index (χ1) is 20.7. The maximum Gasteiger partial charge on any atom is 0.328 e. The van der Waals surface area contributed by atoms with E-state index in [0.717, 1.165) is 16.5 Å². The van der Waals surface area contributed by atoms with Gasteiger partial charge in [0.25, 0.3) is 0 Å². The van der Waals surface area contributed by atoms with Gasteiger partial charge < -0.3 is 24.8 Å². The molecule has 0 spiro atoms. The van der Waals surface area contributed by atoms with Crippen molar-refractivity contribution in [1.29, 1.82) is 0 Å². The molecule has 0 radical (unpaired) electrons. The smallest absolute Gasteiger partial charge is 0.328 e. The van der Waals surface area contributed by atoms with Crippen molar-refractivity contribution in [3.8, 4) is 5.75 Å². The van der Waals surface area contributed by atoms with E-state index in [1.807, 2.05) is 36.9 Å². The number of carboxylic acid groups (broad SMARTS) is 2. The maximum absolute atomic E-state index is 11.3. The van der Waals surface area contributed by atoms with Gasteiger partial charge in [0, 0.05) is 46.5 Å². The zero-order valence-corrected chi connectivity index (χ0v) is 25.1. The molecular formula is C34H34N2O6S. The predicted octanol–water partition coefficient (Wildman–Crippen LogP) is 6.24. The summed E-state index contributed by atoms with van der Waals surface area (Å²) < 4.78 is 5.17. The molecule has 2 aliphatic rings. The molecule has 0 bridgehead atoms. The summed E-state index contributed by atoms with van der Waals surface area (Å²) in [6.07, 6.45) is 3.50. The van der Waals surface area contributed by atoms with Crippen LogP contribution in [0.1, 0.15) is 29.5 Å². The fourth-order valence-corrected chi connectivity index (χ4v) is 6.13. The second-order valence-corrected chi connectivity index (χ2v) is 11.2. The number of aryl methyl sites for hydroxylation is 1. The number of aliphatic carboxylic acids is 2. The lowest BCUT2D eigenvalue weighted by atomic mass is 9.88. The normalized spacial score (nSPS) is 14.1. The maximum atomic E-state index is 11.3. The summed E-state index contributed by atoms with van der Waals surface area (Å²) in [7, 11) is 3.81. The lowest BCUT2D eigenvalue weighted by Crippen LogP contribution is -2.27. The second-order valence-electron chi connectivity index (χ2n) is 10.1. The zero-order chi connectivity index (χ0) is 30.9. The average molecular weight is 599 g/mol. The van der Waals surface area contributed by atoms with Crippen LogP contribution >= 0.6 is 11.8 Å². The van der Waals surface area contributed by atoms with Crippen LogP contribution in [0.25, 0.3) is 16.5 Å². The number of aromatic amines is 1. The van der Waals surface area contributed by atoms with Gasteiger partial charge in [-0.2, -0.15) is 0 Å². The number of ether oxygens (including phenoxy) is 1. The third kappa shape index (κ3) is 8.03. The Morgan fingerprint density at radius 1 is 0.884 bits per heavy atom. The van der Waals surface area contributed by atoms with Crippen LogP contribution in [-0.4, -0.2) is 59.3 Å². The minimum Gasteiger partial charge on any atom is -0.495 e. The van der Waals surface area contributed by atoms with E-state index < -0.39 is 11.9 Å². The second kappa shape index (κ2) is 14.5. The Labute approximate surface area is 254 Å². The van der Waals surface area contributed by atoms with Crippen LogP contribution in [0, 0.1) is 6.92 Å². The van der Waals surface area contributed by atoms with Crippen molar-refractivity contribution in [2.45, 2.75) is 29.6 Å². The number of rotatable bonds is 3. The Morgan fingerprint density at radius 3 is 1.98 bits per heavy atom. The molecule has 3 N–H and O–H groups in total. The van der Waals surface area contributed by atoms with Gasteiger partial charge in [0.05, 0.1) is 12.6 Å². The highest BCUT2D eigenvalue weighted by atomic mass is 32.2. The van der Waals surface area contributed by atoms with Crippen LogP contribution < -0.4 is 10.3 Å². The van der Waals surface area contributed by atoms with Crippen LogP contribution in [0.15, 0.2) is 105 Å². The molecule has 43 heavy (non-hydrogen) atoms. The highest BCUT2D eigenvalue weighted by Crippen LogP contribution is 2.47. The summed E-state index contributed by atoms with van der Waals surface area (Å²) >= 11 is 1.91. The molecule has 2 aliphatic heterocycles. The Morgan fingerprint density at radius 2 is 1.44 bits per heavy atom. The summed E-state index contributed by atoms with van der Waals surface area (Å²) in [4.78, 5) is 38.4. The first kappa shape index (κ1) is 31.3. The van der Waals surface area contributed by atoms with Crippen LogP contribution in [-0.2, 0) is 9.59 Å². The first-order valence-corrected chi connectivity index (χ1v) is 14.6. The van der Waals surface area contributed by atoms with E-state index in [9.17, 15) is 14.4 Å². The van der Waals surface area contributed by atoms with Crippen molar-refractivity contribution in [2.75, 3.05) is 27.2 Å². The van der Waals surface area contributed by atoms with E-state index in [1.165, 1.54) is 52.4 Å². The standard InChI is InChI=1S/C19H19NS.C11H11NO2.C4H4O4/c1-20-12-10-14(11-13-20)19-15-6-2-4-8-17(15)21-18-9-5-3-7-16(18)19;1-7-6-10(13)12-11-8(7)4-3-5-9(11)14-2;5-3(6)1-2-4(7)8/h2-9H,10-13H2,1H3;3-6H,1-2H3,(H,12,13);1-2H,(H,5,6)(H,7,8). The Hall–Kier alpha value is -4.60. The van der Waals surface area contributed by atoms with Gasteiger partial charge in [-0.25, -0.2) is 9.59 Å². The first-order valence-electron chi connectivity index (χ1n) is 13.8. The number of nitrogens with one attached hydrogen (secondary N) is 1. The van der Waals surface area contributed by atoms with Gasteiger partial charge in [-0.05, 0) is 67.3 Å². The number of para-hydroxylation sites is 1. The molecule has 1 aromatic heterocycles. The number of carbonyl (C=O) groups is 2. The molecule has 0 saturated carbocycles. The molecule has 0 atom stereocenters. The SMILES string of the molecule is CN1CCC(=C2c3ccccc3Sc3ccccc32)CC1.COc1cccc2c(C)cc(=O)[nH]c12.O=C(O)C=CC(=O)O. The number of aromatic nitrogens is 1. The molecule has 8 nitrogen and oxygen atoms in total. The zero-order valence-electron chi connectivity index (χ0n) is 24.3. The molecule has 9 heteroatoms. The topological polar surface area (TPSA) is 120 Å². The number of hydrogen-bond acceptors (Lipinski definition) is 6. The number of benzene rings is 3. The van der Waals surface area contributed by atoms with Gasteiger partial charge in [0.15, 0.2) is 0 Å². The molecule has 0 amide bonds. The van der Waals surface area contributed by atoms with E-state index >= 15 is 0 Å². The number of methoxy groups -OCH3 is 1. The number of pyridine rings is 1. The highest BCUT2D eigenvalue weighted by Gasteiger charge is 2.24. The van der Waals surface area contributed by atoms with Crippen molar-refractivity contribution in [3.05, 3.63) is 118 Å². The van der Waals surface area contributed by atoms with Crippen molar-refractivity contribution in [2.24, 2.45) is 0 Å². The van der Waals surface area contributed by atoms with Crippen LogP contribution in [0.4, 0.5) is 0 Å². The lowest BCUT2D eigenvalue weighted by molar-refractivity contribution is -0.134. The minimum absolute atomic E-state index is 0.0977. The van der Waals surface area contributed by atoms with Gasteiger partial charge in [0.1, 0.15) is 5.75 Å². The Bertz CT molecular complexity index is 1680. The molecule has 1 fully saturated rings. The molecule has 4 aromatic rings. The predicted molar refractivity (Wildman–Crippen MR) is 170 cm³/mol. The van der Waals surface area contributed by atoms with E-state index in [4.69, 9.17) is 14.9 Å². The monoisotopic (exact) mass is 598 g/mol. The van der Waals surface area contributed by atoms with E-state index in [1.54, 1.807) is 18.7 Å².